The molecule has 20 heavy (non-hydrogen) atoms. The Labute approximate surface area is 119 Å². The summed E-state index contributed by atoms with van der Waals surface area (Å²) in [6, 6.07) is 15.6. The van der Waals surface area contributed by atoms with Gasteiger partial charge in [0.05, 0.1) is 6.16 Å². The molecular weight excluding hydrogens is 271 g/mol. The Kier molecular flexibility index (Phi) is 4.44. The molecule has 2 rings (SSSR count). The molecule has 106 valence electrons. The van der Waals surface area contributed by atoms with Gasteiger partial charge in [-0.3, -0.25) is 4.57 Å². The van der Waals surface area contributed by atoms with Crippen LogP contribution in [0, 0.1) is 13.8 Å². The van der Waals surface area contributed by atoms with Crippen LogP contribution in [-0.4, -0.2) is 15.9 Å². The molecule has 0 atom stereocenters. The van der Waals surface area contributed by atoms with Crippen LogP contribution >= 0.6 is 7.60 Å². The molecule has 0 saturated carbocycles. The molecule has 0 radical (unpaired) electrons. The van der Waals surface area contributed by atoms with Crippen LogP contribution in [0.15, 0.2) is 48.5 Å². The zero-order valence-corrected chi connectivity index (χ0v) is 12.5. The van der Waals surface area contributed by atoms with E-state index in [-0.39, 0.29) is 12.1 Å². The normalized spacial score (nSPS) is 11.8. The first-order chi connectivity index (χ1) is 9.35. The van der Waals surface area contributed by atoms with Crippen molar-refractivity contribution in [3.8, 4) is 0 Å². The van der Waals surface area contributed by atoms with E-state index in [1.807, 2.05) is 62.4 Å². The second-order valence-electron chi connectivity index (χ2n) is 5.22. The van der Waals surface area contributed by atoms with Crippen molar-refractivity contribution in [2.45, 2.75) is 19.8 Å². The quantitative estimate of drug-likeness (QED) is 0.846. The zero-order valence-electron chi connectivity index (χ0n) is 11.7. The molecule has 0 fully saturated rings. The summed E-state index contributed by atoms with van der Waals surface area (Å²) in [6.07, 6.45) is -0.168. The summed E-state index contributed by atoms with van der Waals surface area (Å²) in [5.41, 5.74) is 4.13. The van der Waals surface area contributed by atoms with Crippen LogP contribution in [0.3, 0.4) is 0 Å². The first kappa shape index (κ1) is 15.0. The molecule has 0 heterocycles. The van der Waals surface area contributed by atoms with E-state index in [0.29, 0.717) is 0 Å². The van der Waals surface area contributed by atoms with Gasteiger partial charge in [-0.15, -0.1) is 0 Å². The lowest BCUT2D eigenvalue weighted by Crippen LogP contribution is -2.07. The van der Waals surface area contributed by atoms with Gasteiger partial charge in [-0.05, 0) is 25.0 Å². The highest BCUT2D eigenvalue weighted by Gasteiger charge is 2.24. The highest BCUT2D eigenvalue weighted by molar-refractivity contribution is 7.51. The topological polar surface area (TPSA) is 57.5 Å². The fourth-order valence-electron chi connectivity index (χ4n) is 2.24. The number of hydrogen-bond acceptors (Lipinski definition) is 1. The lowest BCUT2D eigenvalue weighted by molar-refractivity contribution is 0.371. The molecule has 0 amide bonds. The molecule has 2 aromatic rings. The van der Waals surface area contributed by atoms with Crippen LogP contribution in [0.2, 0.25) is 0 Å². The van der Waals surface area contributed by atoms with Crippen LogP contribution in [0.4, 0.5) is 0 Å². The summed E-state index contributed by atoms with van der Waals surface area (Å²) in [5, 5.41) is 0. The van der Waals surface area contributed by atoms with E-state index < -0.39 is 7.60 Å². The number of benzene rings is 2. The molecule has 0 spiro atoms. The molecule has 0 aliphatic rings. The average molecular weight is 290 g/mol. The smallest absolute Gasteiger partial charge is 0.324 e. The number of aryl methyl sites for hydroxylation is 2. The van der Waals surface area contributed by atoms with Gasteiger partial charge in [0.15, 0.2) is 0 Å². The van der Waals surface area contributed by atoms with Crippen LogP contribution in [0.1, 0.15) is 28.2 Å². The van der Waals surface area contributed by atoms with Crippen LogP contribution in [0.25, 0.3) is 0 Å². The Morgan fingerprint density at radius 2 is 1.20 bits per heavy atom. The summed E-state index contributed by atoms with van der Waals surface area (Å²) in [4.78, 5) is 18.7. The third-order valence-electron chi connectivity index (χ3n) is 3.38. The number of hydrogen-bond donors (Lipinski definition) is 2. The van der Waals surface area contributed by atoms with E-state index in [2.05, 4.69) is 0 Å². The largest absolute Gasteiger partial charge is 0.326 e. The van der Waals surface area contributed by atoms with Crippen molar-refractivity contribution in [3.63, 3.8) is 0 Å². The van der Waals surface area contributed by atoms with E-state index >= 15 is 0 Å². The van der Waals surface area contributed by atoms with E-state index in [4.69, 9.17) is 0 Å². The van der Waals surface area contributed by atoms with E-state index in [0.717, 1.165) is 22.3 Å². The van der Waals surface area contributed by atoms with Crippen molar-refractivity contribution in [2.24, 2.45) is 0 Å². The van der Waals surface area contributed by atoms with Crippen LogP contribution < -0.4 is 0 Å². The first-order valence-corrected chi connectivity index (χ1v) is 8.32. The minimum atomic E-state index is -4.08. The molecule has 4 heteroatoms. The summed E-state index contributed by atoms with van der Waals surface area (Å²) >= 11 is 0. The zero-order chi connectivity index (χ0) is 14.8. The van der Waals surface area contributed by atoms with Gasteiger partial charge in [-0.2, -0.15) is 0 Å². The van der Waals surface area contributed by atoms with Gasteiger partial charge in [-0.25, -0.2) is 0 Å². The predicted octanol–water partition coefficient (Wildman–Crippen LogP) is 3.61. The SMILES string of the molecule is Cc1ccc(C(CP(=O)(O)O)c2ccc(C)cc2)cc1. The Morgan fingerprint density at radius 1 is 0.850 bits per heavy atom. The monoisotopic (exact) mass is 290 g/mol. The molecule has 0 aliphatic heterocycles. The summed E-state index contributed by atoms with van der Waals surface area (Å²) < 4.78 is 11.4. The molecule has 2 N–H and O–H groups in total. The Hall–Kier alpha value is -1.41. The molecule has 0 aliphatic carbocycles. The van der Waals surface area contributed by atoms with Crippen molar-refractivity contribution in [1.29, 1.82) is 0 Å². The maximum Gasteiger partial charge on any atom is 0.326 e. The van der Waals surface area contributed by atoms with E-state index in [1.54, 1.807) is 0 Å². The molecule has 0 unspecified atom stereocenters. The Morgan fingerprint density at radius 3 is 1.50 bits per heavy atom. The molecule has 3 nitrogen and oxygen atoms in total. The van der Waals surface area contributed by atoms with Crippen molar-refractivity contribution < 1.29 is 14.4 Å². The van der Waals surface area contributed by atoms with Gasteiger partial charge < -0.3 is 9.79 Å². The molecular formula is C16H19O3P. The second kappa shape index (κ2) is 5.92. The van der Waals surface area contributed by atoms with Crippen molar-refractivity contribution in [3.05, 3.63) is 70.8 Å². The average Bonchev–Trinajstić information content (AvgIpc) is 2.37. The van der Waals surface area contributed by atoms with Crippen LogP contribution in [-0.2, 0) is 4.57 Å². The maximum atomic E-state index is 11.4. The van der Waals surface area contributed by atoms with Gasteiger partial charge >= 0.3 is 7.60 Å². The second-order valence-corrected chi connectivity index (χ2v) is 6.92. The maximum absolute atomic E-state index is 11.4. The lowest BCUT2D eigenvalue weighted by atomic mass is 9.92. The highest BCUT2D eigenvalue weighted by atomic mass is 31.2. The van der Waals surface area contributed by atoms with Crippen molar-refractivity contribution in [1.82, 2.24) is 0 Å². The van der Waals surface area contributed by atoms with E-state index in [9.17, 15) is 14.4 Å². The Bertz CT molecular complexity index is 566. The van der Waals surface area contributed by atoms with Crippen LogP contribution in [0.5, 0.6) is 0 Å². The van der Waals surface area contributed by atoms with Crippen molar-refractivity contribution in [2.75, 3.05) is 6.16 Å². The minimum absolute atomic E-state index is 0.168. The minimum Gasteiger partial charge on any atom is -0.324 e. The third kappa shape index (κ3) is 4.04. The third-order valence-corrected chi connectivity index (χ3v) is 4.22. The summed E-state index contributed by atoms with van der Waals surface area (Å²) in [6.45, 7) is 3.99. The number of rotatable bonds is 4. The standard InChI is InChI=1S/C16H19O3P/c1-12-3-7-14(8-4-12)16(11-20(17,18)19)15-9-5-13(2)6-10-15/h3-10,16H,11H2,1-2H3,(H2,17,18,19). The molecule has 0 saturated heterocycles. The van der Waals surface area contributed by atoms with Gasteiger partial charge in [0.25, 0.3) is 0 Å². The van der Waals surface area contributed by atoms with Gasteiger partial charge in [0.2, 0.25) is 0 Å². The summed E-state index contributed by atoms with van der Waals surface area (Å²) in [7, 11) is -4.08. The van der Waals surface area contributed by atoms with Gasteiger partial charge in [-0.1, -0.05) is 59.7 Å². The fourth-order valence-corrected chi connectivity index (χ4v) is 3.14. The highest BCUT2D eigenvalue weighted by Crippen LogP contribution is 2.42. The molecule has 0 aromatic heterocycles. The predicted molar refractivity (Wildman–Crippen MR) is 81.1 cm³/mol. The Balaban J connectivity index is 2.41. The van der Waals surface area contributed by atoms with E-state index in [1.165, 1.54) is 0 Å². The van der Waals surface area contributed by atoms with Gasteiger partial charge in [0.1, 0.15) is 0 Å². The lowest BCUT2D eigenvalue weighted by Gasteiger charge is -2.19. The van der Waals surface area contributed by atoms with Gasteiger partial charge in [0, 0.05) is 5.92 Å². The molecule has 2 aromatic carbocycles. The fraction of sp³-hybridized carbons (Fsp3) is 0.250. The summed E-state index contributed by atoms with van der Waals surface area (Å²) in [5.74, 6) is -0.281. The molecule has 0 bridgehead atoms. The first-order valence-electron chi connectivity index (χ1n) is 6.53. The van der Waals surface area contributed by atoms with Crippen molar-refractivity contribution >= 4 is 7.60 Å².